The number of likely N-dealkylation sites (N-methyl/N-ethyl adjacent to an activating group) is 1. The number of aromatic nitrogens is 2. The molecule has 1 unspecified atom stereocenters. The SMILES string of the molecule is CCN(Cc1noc(C)n1)CC(C)c1ccccc1. The molecule has 102 valence electrons. The molecule has 0 aliphatic carbocycles. The summed E-state index contributed by atoms with van der Waals surface area (Å²) in [6, 6.07) is 10.6. The minimum atomic E-state index is 0.495. The second-order valence-corrected chi connectivity index (χ2v) is 4.87. The molecule has 2 aromatic rings. The number of hydrogen-bond donors (Lipinski definition) is 0. The fourth-order valence-corrected chi connectivity index (χ4v) is 2.19. The lowest BCUT2D eigenvalue weighted by atomic mass is 10.0. The summed E-state index contributed by atoms with van der Waals surface area (Å²) in [5.74, 6) is 1.89. The molecule has 0 saturated carbocycles. The van der Waals surface area contributed by atoms with E-state index in [0.717, 1.165) is 25.5 Å². The van der Waals surface area contributed by atoms with Crippen molar-refractivity contribution in [2.75, 3.05) is 13.1 Å². The number of nitrogens with zero attached hydrogens (tertiary/aromatic N) is 3. The van der Waals surface area contributed by atoms with Gasteiger partial charge in [-0.05, 0) is 18.0 Å². The third kappa shape index (κ3) is 3.89. The van der Waals surface area contributed by atoms with E-state index in [-0.39, 0.29) is 0 Å². The fourth-order valence-electron chi connectivity index (χ4n) is 2.19. The van der Waals surface area contributed by atoms with Crippen molar-refractivity contribution >= 4 is 0 Å². The van der Waals surface area contributed by atoms with Gasteiger partial charge in [0.15, 0.2) is 5.82 Å². The Kier molecular flexibility index (Phi) is 4.68. The summed E-state index contributed by atoms with van der Waals surface area (Å²) in [4.78, 5) is 6.59. The van der Waals surface area contributed by atoms with E-state index in [4.69, 9.17) is 4.52 Å². The summed E-state index contributed by atoms with van der Waals surface area (Å²) in [6.45, 7) is 8.94. The highest BCUT2D eigenvalue weighted by molar-refractivity contribution is 5.19. The molecule has 0 radical (unpaired) electrons. The molecule has 0 fully saturated rings. The molecule has 0 aliphatic heterocycles. The van der Waals surface area contributed by atoms with Gasteiger partial charge in [-0.25, -0.2) is 0 Å². The van der Waals surface area contributed by atoms with Crippen molar-refractivity contribution in [3.8, 4) is 0 Å². The smallest absolute Gasteiger partial charge is 0.223 e. The maximum absolute atomic E-state index is 5.01. The van der Waals surface area contributed by atoms with Gasteiger partial charge in [0, 0.05) is 13.5 Å². The van der Waals surface area contributed by atoms with E-state index < -0.39 is 0 Å². The second kappa shape index (κ2) is 6.48. The van der Waals surface area contributed by atoms with E-state index in [0.29, 0.717) is 11.8 Å². The first-order chi connectivity index (χ1) is 9.19. The van der Waals surface area contributed by atoms with E-state index in [1.807, 2.05) is 6.92 Å². The van der Waals surface area contributed by atoms with Crippen LogP contribution in [0.3, 0.4) is 0 Å². The quantitative estimate of drug-likeness (QED) is 0.799. The summed E-state index contributed by atoms with van der Waals surface area (Å²) in [7, 11) is 0. The van der Waals surface area contributed by atoms with Gasteiger partial charge < -0.3 is 4.52 Å². The lowest BCUT2D eigenvalue weighted by molar-refractivity contribution is 0.254. The summed E-state index contributed by atoms with van der Waals surface area (Å²) in [6.07, 6.45) is 0. The van der Waals surface area contributed by atoms with Gasteiger partial charge in [-0.2, -0.15) is 4.98 Å². The molecule has 1 aromatic carbocycles. The molecule has 0 amide bonds. The summed E-state index contributed by atoms with van der Waals surface area (Å²) in [5, 5.41) is 3.96. The molecule has 0 aliphatic rings. The highest BCUT2D eigenvalue weighted by Gasteiger charge is 2.13. The number of aryl methyl sites for hydroxylation is 1. The van der Waals surface area contributed by atoms with Gasteiger partial charge in [0.05, 0.1) is 6.54 Å². The normalized spacial score (nSPS) is 12.8. The molecule has 2 rings (SSSR count). The monoisotopic (exact) mass is 259 g/mol. The third-order valence-electron chi connectivity index (χ3n) is 3.28. The maximum atomic E-state index is 5.01. The van der Waals surface area contributed by atoms with E-state index in [1.165, 1.54) is 5.56 Å². The summed E-state index contributed by atoms with van der Waals surface area (Å²) < 4.78 is 5.01. The summed E-state index contributed by atoms with van der Waals surface area (Å²) >= 11 is 0. The van der Waals surface area contributed by atoms with Crippen LogP contribution in [0, 0.1) is 6.92 Å². The van der Waals surface area contributed by atoms with Gasteiger partial charge >= 0.3 is 0 Å². The zero-order chi connectivity index (χ0) is 13.7. The molecule has 19 heavy (non-hydrogen) atoms. The lowest BCUT2D eigenvalue weighted by Gasteiger charge is -2.23. The van der Waals surface area contributed by atoms with Crippen molar-refractivity contribution in [2.45, 2.75) is 33.2 Å². The van der Waals surface area contributed by atoms with Gasteiger partial charge in [0.25, 0.3) is 0 Å². The zero-order valence-corrected chi connectivity index (χ0v) is 11.8. The average Bonchev–Trinajstić information content (AvgIpc) is 2.84. The van der Waals surface area contributed by atoms with Crippen LogP contribution in [0.5, 0.6) is 0 Å². The van der Waals surface area contributed by atoms with Crippen molar-refractivity contribution in [1.29, 1.82) is 0 Å². The molecular weight excluding hydrogens is 238 g/mol. The van der Waals surface area contributed by atoms with E-state index in [9.17, 15) is 0 Å². The van der Waals surface area contributed by atoms with E-state index >= 15 is 0 Å². The Labute approximate surface area is 114 Å². The molecule has 0 bridgehead atoms. The summed E-state index contributed by atoms with van der Waals surface area (Å²) in [5.41, 5.74) is 1.37. The number of hydrogen-bond acceptors (Lipinski definition) is 4. The van der Waals surface area contributed by atoms with Crippen LogP contribution in [0.15, 0.2) is 34.9 Å². The Bertz CT molecular complexity index is 495. The van der Waals surface area contributed by atoms with Crippen LogP contribution >= 0.6 is 0 Å². The standard InChI is InChI=1S/C15H21N3O/c1-4-18(11-15-16-13(3)19-17-15)10-12(2)14-8-6-5-7-9-14/h5-9,12H,4,10-11H2,1-3H3. The Morgan fingerprint density at radius 3 is 2.58 bits per heavy atom. The highest BCUT2D eigenvalue weighted by Crippen LogP contribution is 2.16. The second-order valence-electron chi connectivity index (χ2n) is 4.87. The predicted molar refractivity (Wildman–Crippen MR) is 74.8 cm³/mol. The van der Waals surface area contributed by atoms with Gasteiger partial charge in [0.2, 0.25) is 5.89 Å². The Balaban J connectivity index is 1.95. The van der Waals surface area contributed by atoms with Crippen LogP contribution in [0.2, 0.25) is 0 Å². The van der Waals surface area contributed by atoms with Crippen molar-refractivity contribution in [2.24, 2.45) is 0 Å². The molecule has 0 spiro atoms. The van der Waals surface area contributed by atoms with Crippen molar-refractivity contribution in [3.63, 3.8) is 0 Å². The molecule has 4 nitrogen and oxygen atoms in total. The first-order valence-electron chi connectivity index (χ1n) is 6.75. The fraction of sp³-hybridized carbons (Fsp3) is 0.467. The van der Waals surface area contributed by atoms with Crippen LogP contribution < -0.4 is 0 Å². The third-order valence-corrected chi connectivity index (χ3v) is 3.28. The number of benzene rings is 1. The predicted octanol–water partition coefficient (Wildman–Crippen LogP) is 3.00. The molecule has 1 atom stereocenters. The Morgan fingerprint density at radius 1 is 1.26 bits per heavy atom. The van der Waals surface area contributed by atoms with Crippen LogP contribution in [0.25, 0.3) is 0 Å². The largest absolute Gasteiger partial charge is 0.340 e. The maximum Gasteiger partial charge on any atom is 0.223 e. The molecular formula is C15H21N3O. The van der Waals surface area contributed by atoms with Gasteiger partial charge in [0.1, 0.15) is 0 Å². The van der Waals surface area contributed by atoms with Crippen LogP contribution in [-0.2, 0) is 6.54 Å². The Hall–Kier alpha value is -1.68. The first kappa shape index (κ1) is 13.7. The Morgan fingerprint density at radius 2 is 2.00 bits per heavy atom. The van der Waals surface area contributed by atoms with Crippen molar-refractivity contribution in [1.82, 2.24) is 15.0 Å². The van der Waals surface area contributed by atoms with Crippen molar-refractivity contribution in [3.05, 3.63) is 47.6 Å². The van der Waals surface area contributed by atoms with Gasteiger partial charge in [-0.15, -0.1) is 0 Å². The van der Waals surface area contributed by atoms with Crippen LogP contribution in [-0.4, -0.2) is 28.1 Å². The van der Waals surface area contributed by atoms with Gasteiger partial charge in [-0.1, -0.05) is 49.3 Å². The minimum absolute atomic E-state index is 0.495. The number of rotatable bonds is 6. The first-order valence-corrected chi connectivity index (χ1v) is 6.75. The van der Waals surface area contributed by atoms with Crippen LogP contribution in [0.4, 0.5) is 0 Å². The van der Waals surface area contributed by atoms with Crippen LogP contribution in [0.1, 0.15) is 37.0 Å². The van der Waals surface area contributed by atoms with Crippen molar-refractivity contribution < 1.29 is 4.52 Å². The molecule has 4 heteroatoms. The minimum Gasteiger partial charge on any atom is -0.340 e. The highest BCUT2D eigenvalue weighted by atomic mass is 16.5. The average molecular weight is 259 g/mol. The molecule has 0 N–H and O–H groups in total. The lowest BCUT2D eigenvalue weighted by Crippen LogP contribution is -2.27. The van der Waals surface area contributed by atoms with Gasteiger partial charge in [-0.3, -0.25) is 4.90 Å². The molecule has 0 saturated heterocycles. The van der Waals surface area contributed by atoms with E-state index in [1.54, 1.807) is 0 Å². The molecule has 1 aromatic heterocycles. The zero-order valence-electron chi connectivity index (χ0n) is 11.8. The van der Waals surface area contributed by atoms with E-state index in [2.05, 4.69) is 59.2 Å². The molecule has 1 heterocycles. The topological polar surface area (TPSA) is 42.2 Å².